The summed E-state index contributed by atoms with van der Waals surface area (Å²) in [5.41, 5.74) is -1.99. The Kier molecular flexibility index (Phi) is 5.24. The molecule has 0 saturated heterocycles. The van der Waals surface area contributed by atoms with Gasteiger partial charge < -0.3 is 4.74 Å². The van der Waals surface area contributed by atoms with E-state index in [9.17, 15) is 27.2 Å². The number of hydrogen-bond acceptors (Lipinski definition) is 3. The predicted octanol–water partition coefficient (Wildman–Crippen LogP) is 3.37. The van der Waals surface area contributed by atoms with Crippen LogP contribution >= 0.6 is 0 Å². The Balaban J connectivity index is 2.92. The summed E-state index contributed by atoms with van der Waals surface area (Å²) < 4.78 is 55.6. The molecule has 0 N–H and O–H groups in total. The quantitative estimate of drug-likeness (QED) is 0.475. The van der Waals surface area contributed by atoms with Crippen LogP contribution in [0, 0.1) is 5.82 Å². The second-order valence-corrected chi connectivity index (χ2v) is 3.92. The number of esters is 1. The minimum atomic E-state index is -4.76. The van der Waals surface area contributed by atoms with Crippen LogP contribution in [-0.2, 0) is 15.7 Å². The van der Waals surface area contributed by atoms with Gasteiger partial charge >= 0.3 is 12.1 Å². The normalized spacial score (nSPS) is 11.2. The largest absolute Gasteiger partial charge is 0.466 e. The number of Topliss-reactive ketones (excluding diaryl/α,β-unsaturated/α-hetero) is 1. The third-order valence-corrected chi connectivity index (χ3v) is 2.45. The molecule has 1 aromatic carbocycles. The number of ether oxygens (including phenoxy) is 1. The third-order valence-electron chi connectivity index (χ3n) is 2.45. The smallest absolute Gasteiger partial charge is 0.417 e. The molecule has 0 unspecified atom stereocenters. The van der Waals surface area contributed by atoms with Gasteiger partial charge in [-0.1, -0.05) is 0 Å². The maximum atomic E-state index is 13.0. The Morgan fingerprint density at radius 1 is 1.20 bits per heavy atom. The monoisotopic (exact) mass is 292 g/mol. The van der Waals surface area contributed by atoms with Crippen LogP contribution in [0.15, 0.2) is 18.2 Å². The molecular formula is C13H12F4O3. The average Bonchev–Trinajstić information content (AvgIpc) is 2.34. The fourth-order valence-corrected chi connectivity index (χ4v) is 1.58. The summed E-state index contributed by atoms with van der Waals surface area (Å²) >= 11 is 0. The van der Waals surface area contributed by atoms with Crippen molar-refractivity contribution in [3.8, 4) is 0 Å². The first-order valence-electron chi connectivity index (χ1n) is 5.81. The van der Waals surface area contributed by atoms with E-state index in [1.54, 1.807) is 6.92 Å². The number of benzene rings is 1. The molecule has 20 heavy (non-hydrogen) atoms. The molecule has 110 valence electrons. The summed E-state index contributed by atoms with van der Waals surface area (Å²) in [6, 6.07) is 1.66. The van der Waals surface area contributed by atoms with Crippen LogP contribution in [0.2, 0.25) is 0 Å². The molecule has 0 saturated carbocycles. The molecule has 1 aromatic rings. The summed E-state index contributed by atoms with van der Waals surface area (Å²) in [5.74, 6) is -2.59. The first kappa shape index (κ1) is 16.1. The van der Waals surface area contributed by atoms with E-state index in [2.05, 4.69) is 4.74 Å². The van der Waals surface area contributed by atoms with E-state index < -0.39 is 41.3 Å². The van der Waals surface area contributed by atoms with E-state index in [0.717, 1.165) is 0 Å². The zero-order chi connectivity index (χ0) is 15.3. The SMILES string of the molecule is CCOC(=O)CCC(=O)c1cc(F)ccc1C(F)(F)F. The standard InChI is InChI=1S/C13H12F4O3/c1-2-20-12(19)6-5-11(18)9-7-8(14)3-4-10(9)13(15,16)17/h3-4,7H,2,5-6H2,1H3. The van der Waals surface area contributed by atoms with Gasteiger partial charge in [0.05, 0.1) is 18.6 Å². The van der Waals surface area contributed by atoms with Gasteiger partial charge in [0.25, 0.3) is 0 Å². The Morgan fingerprint density at radius 2 is 1.85 bits per heavy atom. The van der Waals surface area contributed by atoms with Gasteiger partial charge in [-0.3, -0.25) is 9.59 Å². The summed E-state index contributed by atoms with van der Waals surface area (Å²) in [6.45, 7) is 1.68. The second kappa shape index (κ2) is 6.49. The summed E-state index contributed by atoms with van der Waals surface area (Å²) in [4.78, 5) is 22.8. The van der Waals surface area contributed by atoms with Crippen LogP contribution in [0.1, 0.15) is 35.7 Å². The molecule has 0 spiro atoms. The van der Waals surface area contributed by atoms with Crippen LogP contribution in [0.25, 0.3) is 0 Å². The van der Waals surface area contributed by atoms with Crippen LogP contribution in [0.5, 0.6) is 0 Å². The molecule has 0 bridgehead atoms. The molecule has 0 aliphatic rings. The van der Waals surface area contributed by atoms with E-state index in [0.29, 0.717) is 18.2 Å². The highest BCUT2D eigenvalue weighted by Gasteiger charge is 2.35. The number of alkyl halides is 3. The summed E-state index contributed by atoms with van der Waals surface area (Å²) in [6.07, 6.45) is -5.57. The summed E-state index contributed by atoms with van der Waals surface area (Å²) in [5, 5.41) is 0. The van der Waals surface area contributed by atoms with Crippen LogP contribution in [0.4, 0.5) is 17.6 Å². The van der Waals surface area contributed by atoms with E-state index in [4.69, 9.17) is 0 Å². The number of rotatable bonds is 5. The average molecular weight is 292 g/mol. The van der Waals surface area contributed by atoms with Crippen molar-refractivity contribution in [1.29, 1.82) is 0 Å². The van der Waals surface area contributed by atoms with E-state index in [-0.39, 0.29) is 13.0 Å². The van der Waals surface area contributed by atoms with Crippen molar-refractivity contribution in [3.05, 3.63) is 35.1 Å². The Morgan fingerprint density at radius 3 is 2.40 bits per heavy atom. The lowest BCUT2D eigenvalue weighted by molar-refractivity contribution is -0.143. The highest BCUT2D eigenvalue weighted by atomic mass is 19.4. The zero-order valence-corrected chi connectivity index (χ0v) is 10.6. The number of hydrogen-bond donors (Lipinski definition) is 0. The van der Waals surface area contributed by atoms with Crippen molar-refractivity contribution in [2.75, 3.05) is 6.61 Å². The van der Waals surface area contributed by atoms with E-state index in [1.165, 1.54) is 0 Å². The Bertz CT molecular complexity index is 509. The van der Waals surface area contributed by atoms with Crippen molar-refractivity contribution in [2.45, 2.75) is 25.9 Å². The first-order chi connectivity index (χ1) is 9.25. The van der Waals surface area contributed by atoms with Crippen LogP contribution in [-0.4, -0.2) is 18.4 Å². The lowest BCUT2D eigenvalue weighted by atomic mass is 10.00. The third kappa shape index (κ3) is 4.32. The van der Waals surface area contributed by atoms with E-state index >= 15 is 0 Å². The molecule has 0 radical (unpaired) electrons. The molecule has 0 amide bonds. The highest BCUT2D eigenvalue weighted by molar-refractivity contribution is 5.99. The van der Waals surface area contributed by atoms with Crippen molar-refractivity contribution >= 4 is 11.8 Å². The molecule has 3 nitrogen and oxygen atoms in total. The van der Waals surface area contributed by atoms with Gasteiger partial charge in [0, 0.05) is 12.0 Å². The number of carbonyl (C=O) groups is 2. The molecule has 0 aliphatic carbocycles. The number of carbonyl (C=O) groups excluding carboxylic acids is 2. The number of halogens is 4. The van der Waals surface area contributed by atoms with Gasteiger partial charge in [-0.25, -0.2) is 4.39 Å². The van der Waals surface area contributed by atoms with Gasteiger partial charge in [0.1, 0.15) is 5.82 Å². The van der Waals surface area contributed by atoms with Crippen LogP contribution < -0.4 is 0 Å². The summed E-state index contributed by atoms with van der Waals surface area (Å²) in [7, 11) is 0. The van der Waals surface area contributed by atoms with Crippen molar-refractivity contribution < 1.29 is 31.9 Å². The molecule has 0 heterocycles. The van der Waals surface area contributed by atoms with Crippen molar-refractivity contribution in [3.63, 3.8) is 0 Å². The molecule has 0 atom stereocenters. The second-order valence-electron chi connectivity index (χ2n) is 3.92. The Labute approximate surface area is 112 Å². The maximum absolute atomic E-state index is 13.0. The minimum absolute atomic E-state index is 0.112. The molecule has 0 fully saturated rings. The molecule has 1 rings (SSSR count). The fraction of sp³-hybridized carbons (Fsp3) is 0.385. The Hall–Kier alpha value is -1.92. The maximum Gasteiger partial charge on any atom is 0.417 e. The van der Waals surface area contributed by atoms with Gasteiger partial charge in [-0.2, -0.15) is 13.2 Å². The van der Waals surface area contributed by atoms with Gasteiger partial charge in [0.2, 0.25) is 0 Å². The lowest BCUT2D eigenvalue weighted by Gasteiger charge is -2.12. The molecule has 0 aliphatic heterocycles. The first-order valence-corrected chi connectivity index (χ1v) is 5.81. The highest BCUT2D eigenvalue weighted by Crippen LogP contribution is 2.33. The van der Waals surface area contributed by atoms with Gasteiger partial charge in [-0.15, -0.1) is 0 Å². The zero-order valence-electron chi connectivity index (χ0n) is 10.6. The van der Waals surface area contributed by atoms with Crippen LogP contribution in [0.3, 0.4) is 0 Å². The number of ketones is 1. The van der Waals surface area contributed by atoms with E-state index in [1.807, 2.05) is 0 Å². The van der Waals surface area contributed by atoms with Crippen molar-refractivity contribution in [1.82, 2.24) is 0 Å². The van der Waals surface area contributed by atoms with Gasteiger partial charge in [0.15, 0.2) is 5.78 Å². The molecule has 7 heteroatoms. The topological polar surface area (TPSA) is 43.4 Å². The molecular weight excluding hydrogens is 280 g/mol. The fourth-order valence-electron chi connectivity index (χ4n) is 1.58. The lowest BCUT2D eigenvalue weighted by Crippen LogP contribution is -2.15. The molecule has 0 aromatic heterocycles. The predicted molar refractivity (Wildman–Crippen MR) is 61.6 cm³/mol. The van der Waals surface area contributed by atoms with Gasteiger partial charge in [-0.05, 0) is 25.1 Å². The minimum Gasteiger partial charge on any atom is -0.466 e. The van der Waals surface area contributed by atoms with Crippen molar-refractivity contribution in [2.24, 2.45) is 0 Å².